The molecule has 50 heavy (non-hydrogen) atoms. The van der Waals surface area contributed by atoms with E-state index in [2.05, 4.69) is 46.4 Å². The fourth-order valence-electron chi connectivity index (χ4n) is 7.64. The Morgan fingerprint density at radius 2 is 1.62 bits per heavy atom. The van der Waals surface area contributed by atoms with Gasteiger partial charge in [0.25, 0.3) is 0 Å². The molecule has 4 aliphatic heterocycles. The number of sulfone groups is 1. The van der Waals surface area contributed by atoms with Crippen LogP contribution in [0, 0.1) is 0 Å². The first kappa shape index (κ1) is 32.4. The number of hydrogen-bond donors (Lipinski definition) is 1. The Bertz CT molecular complexity index is 2070. The minimum Gasteiger partial charge on any atom is -0.417 e. The van der Waals surface area contributed by atoms with Crippen molar-refractivity contribution in [1.82, 2.24) is 9.88 Å². The number of quaternary nitrogens is 1. The second-order valence-electron chi connectivity index (χ2n) is 13.3. The molecule has 4 aliphatic rings. The average molecular weight is 691 g/mol. The molecule has 0 radical (unpaired) electrons. The molecule has 1 aromatic heterocycles. The van der Waals surface area contributed by atoms with Crippen molar-refractivity contribution in [1.29, 1.82) is 0 Å². The molecular weight excluding hydrogens is 651 g/mol. The van der Waals surface area contributed by atoms with E-state index in [1.807, 2.05) is 77.8 Å². The number of nitrogens with one attached hydrogen (secondary N) is 1. The van der Waals surface area contributed by atoms with Gasteiger partial charge in [0.05, 0.1) is 22.2 Å². The largest absolute Gasteiger partial charge is 0.543 e. The van der Waals surface area contributed by atoms with E-state index in [9.17, 15) is 13.2 Å². The summed E-state index contributed by atoms with van der Waals surface area (Å²) < 4.78 is 41.4. The number of fused-ring (bicyclic) bond motifs is 4. The van der Waals surface area contributed by atoms with Crippen LogP contribution >= 0.6 is 0 Å². The van der Waals surface area contributed by atoms with Crippen molar-refractivity contribution in [2.24, 2.45) is 0 Å². The molecule has 4 aromatic carbocycles. The number of carbonyl (C=O) groups is 1. The van der Waals surface area contributed by atoms with Gasteiger partial charge in [0, 0.05) is 37.1 Å². The van der Waals surface area contributed by atoms with E-state index in [1.54, 1.807) is 24.4 Å². The number of amides is 1. The number of anilines is 2. The lowest BCUT2D eigenvalue weighted by atomic mass is 9.98. The number of ether oxygens (including phenoxy) is 2. The van der Waals surface area contributed by atoms with Gasteiger partial charge in [-0.2, -0.15) is 9.80 Å². The van der Waals surface area contributed by atoms with Gasteiger partial charge in [-0.1, -0.05) is 95.6 Å². The molecule has 5 heterocycles. The van der Waals surface area contributed by atoms with Crippen LogP contribution in [-0.4, -0.2) is 72.4 Å². The summed E-state index contributed by atoms with van der Waals surface area (Å²) in [6.45, 7) is 4.15. The molecule has 3 fully saturated rings. The summed E-state index contributed by atoms with van der Waals surface area (Å²) in [5, 5.41) is 5.08. The second kappa shape index (κ2) is 13.1. The lowest BCUT2D eigenvalue weighted by Crippen LogP contribution is -2.83. The molecule has 4 unspecified atom stereocenters. The molecule has 0 spiro atoms. The van der Waals surface area contributed by atoms with E-state index >= 15 is 0 Å². The van der Waals surface area contributed by atoms with Crippen LogP contribution in [0.3, 0.4) is 0 Å². The summed E-state index contributed by atoms with van der Waals surface area (Å²) in [7, 11) is -3.98. The van der Waals surface area contributed by atoms with Gasteiger partial charge >= 0.3 is 6.09 Å². The van der Waals surface area contributed by atoms with E-state index < -0.39 is 38.1 Å². The van der Waals surface area contributed by atoms with E-state index in [0.29, 0.717) is 38.2 Å². The molecular formula is C39H40N5O5S+. The van der Waals surface area contributed by atoms with Gasteiger partial charge in [-0.05, 0) is 42.3 Å². The molecule has 5 aromatic rings. The highest BCUT2D eigenvalue weighted by molar-refractivity contribution is 7.92. The maximum absolute atomic E-state index is 14.8. The Morgan fingerprint density at radius 1 is 0.940 bits per heavy atom. The highest BCUT2D eigenvalue weighted by Gasteiger charge is 2.71. The standard InChI is InChI=1S/C39H40N5O5S/c1-28(42(24-29-12-4-2-5-13-29)25-30-14-6-3-7-15-30)26-48-39(45)44(43-27-41-32-18-8-9-19-33(32)43)23-21-34-37(38(44)49-34)50(46,47)35-20-10-16-31-17-11-22-40-36(31)35/h2-20,22,28,34,37-38,41H,21,23-27H2,1H3/q+1/t28?,34?,37?,38?,44-/m0/s1. The molecule has 1 N–H and O–H groups in total. The number of benzene rings is 4. The molecule has 5 atom stereocenters. The number of hydrogen-bond acceptors (Lipinski definition) is 9. The van der Waals surface area contributed by atoms with Crippen LogP contribution in [0.15, 0.2) is 126 Å². The van der Waals surface area contributed by atoms with Crippen LogP contribution in [0.1, 0.15) is 24.5 Å². The summed E-state index contributed by atoms with van der Waals surface area (Å²) in [6.07, 6.45) is -0.104. The van der Waals surface area contributed by atoms with Crippen molar-refractivity contribution in [2.45, 2.75) is 55.0 Å². The van der Waals surface area contributed by atoms with Gasteiger partial charge in [-0.3, -0.25) is 9.88 Å². The number of para-hydroxylation sites is 3. The Balaban J connectivity index is 1.12. The topological polar surface area (TPSA) is 101 Å². The smallest absolute Gasteiger partial charge is 0.417 e. The maximum Gasteiger partial charge on any atom is 0.543 e. The highest BCUT2D eigenvalue weighted by atomic mass is 32.2. The van der Waals surface area contributed by atoms with Crippen LogP contribution in [0.4, 0.5) is 16.2 Å². The van der Waals surface area contributed by atoms with E-state index in [1.165, 1.54) is 0 Å². The lowest BCUT2D eigenvalue weighted by molar-refractivity contribution is -0.938. The van der Waals surface area contributed by atoms with Gasteiger partial charge in [0.15, 0.2) is 15.1 Å². The van der Waals surface area contributed by atoms with Gasteiger partial charge < -0.3 is 14.8 Å². The molecule has 0 saturated carbocycles. The molecule has 11 heteroatoms. The molecule has 9 rings (SSSR count). The van der Waals surface area contributed by atoms with Crippen LogP contribution < -0.4 is 10.3 Å². The molecule has 2 bridgehead atoms. The highest BCUT2D eigenvalue weighted by Crippen LogP contribution is 2.49. The minimum absolute atomic E-state index is 0.113. The summed E-state index contributed by atoms with van der Waals surface area (Å²) >= 11 is 0. The predicted octanol–water partition coefficient (Wildman–Crippen LogP) is 6.35. The van der Waals surface area contributed by atoms with E-state index in [-0.39, 0.29) is 17.5 Å². The first-order chi connectivity index (χ1) is 24.4. The predicted molar refractivity (Wildman–Crippen MR) is 191 cm³/mol. The van der Waals surface area contributed by atoms with E-state index in [4.69, 9.17) is 9.47 Å². The Kier molecular flexibility index (Phi) is 8.52. The summed E-state index contributed by atoms with van der Waals surface area (Å²) in [5.41, 5.74) is 4.39. The number of piperidine rings is 1. The third-order valence-electron chi connectivity index (χ3n) is 10.3. The number of nitrogens with zero attached hydrogens (tertiary/aromatic N) is 4. The average Bonchev–Trinajstić information content (AvgIpc) is 3.58. The first-order valence-corrected chi connectivity index (χ1v) is 18.6. The molecule has 256 valence electrons. The number of pyridine rings is 1. The fraction of sp³-hybridized carbons (Fsp3) is 0.282. The van der Waals surface area contributed by atoms with Gasteiger partial charge in [0.1, 0.15) is 25.5 Å². The summed E-state index contributed by atoms with van der Waals surface area (Å²) in [6, 6.07) is 36.9. The summed E-state index contributed by atoms with van der Waals surface area (Å²) in [5.74, 6) is 0. The second-order valence-corrected chi connectivity index (χ2v) is 15.4. The van der Waals surface area contributed by atoms with Crippen molar-refractivity contribution >= 4 is 38.2 Å². The van der Waals surface area contributed by atoms with Gasteiger partial charge in [-0.15, -0.1) is 0 Å². The van der Waals surface area contributed by atoms with Crippen molar-refractivity contribution in [3.05, 3.63) is 133 Å². The Hall–Kier alpha value is -4.81. The molecule has 1 amide bonds. The number of rotatable bonds is 10. The van der Waals surface area contributed by atoms with Crippen molar-refractivity contribution in [3.8, 4) is 0 Å². The number of aromatic nitrogens is 1. The molecule has 0 aliphatic carbocycles. The van der Waals surface area contributed by atoms with Gasteiger partial charge in [-0.25, -0.2) is 8.42 Å². The fourth-order valence-corrected chi connectivity index (χ4v) is 9.81. The maximum atomic E-state index is 14.8. The van der Waals surface area contributed by atoms with E-state index in [0.717, 1.165) is 27.9 Å². The quantitative estimate of drug-likeness (QED) is 0.168. The Labute approximate surface area is 292 Å². The molecule has 3 saturated heterocycles. The zero-order chi connectivity index (χ0) is 34.3. The zero-order valence-electron chi connectivity index (χ0n) is 27.8. The van der Waals surface area contributed by atoms with Gasteiger partial charge in [0.2, 0.25) is 6.23 Å². The normalized spacial score (nSPS) is 23.2. The number of carbonyl (C=O) groups excluding carboxylic acids is 1. The van der Waals surface area contributed by atoms with Crippen LogP contribution in [0.5, 0.6) is 0 Å². The van der Waals surface area contributed by atoms with Crippen molar-refractivity contribution in [3.63, 3.8) is 0 Å². The van der Waals surface area contributed by atoms with Crippen LogP contribution in [0.25, 0.3) is 10.9 Å². The Morgan fingerprint density at radius 3 is 2.34 bits per heavy atom. The third kappa shape index (κ3) is 5.60. The first-order valence-electron chi connectivity index (χ1n) is 17.1. The third-order valence-corrected chi connectivity index (χ3v) is 12.5. The monoisotopic (exact) mass is 690 g/mol. The summed E-state index contributed by atoms with van der Waals surface area (Å²) in [4.78, 5) is 21.7. The SMILES string of the molecule is CC(COC(=O)[N@+]1(N2CNc3ccccc32)CCC2OC1C2S(=O)(=O)c1cccc2cccnc12)N(Cc1ccccc1)Cc1ccccc1. The van der Waals surface area contributed by atoms with Crippen molar-refractivity contribution < 1.29 is 27.3 Å². The lowest BCUT2D eigenvalue weighted by Gasteiger charge is -2.57. The zero-order valence-corrected chi connectivity index (χ0v) is 28.7. The minimum atomic E-state index is -3.98. The van der Waals surface area contributed by atoms with Crippen LogP contribution in [-0.2, 0) is 32.4 Å². The molecule has 10 nitrogen and oxygen atoms in total. The van der Waals surface area contributed by atoms with Crippen molar-refractivity contribution in [2.75, 3.05) is 30.1 Å². The van der Waals surface area contributed by atoms with Crippen LogP contribution in [0.2, 0.25) is 0 Å².